The number of carbonyl (C=O) groups is 2. The van der Waals surface area contributed by atoms with Crippen LogP contribution in [0.15, 0.2) is 78.0 Å². The smallest absolute Gasteiger partial charge is 0.258 e. The van der Waals surface area contributed by atoms with Crippen LogP contribution in [0.5, 0.6) is 0 Å². The molecule has 182 valence electrons. The lowest BCUT2D eigenvalue weighted by Gasteiger charge is -2.26. The maximum Gasteiger partial charge on any atom is 0.258 e. The Balaban J connectivity index is 1.47. The zero-order valence-corrected chi connectivity index (χ0v) is 19.3. The Morgan fingerprint density at radius 2 is 1.74 bits per heavy atom. The quantitative estimate of drug-likeness (QED) is 0.414. The van der Waals surface area contributed by atoms with Gasteiger partial charge in [-0.3, -0.25) is 9.59 Å². The molecule has 0 spiro atoms. The summed E-state index contributed by atoms with van der Waals surface area (Å²) >= 11 is 0. The van der Waals surface area contributed by atoms with Gasteiger partial charge in [0.05, 0.1) is 31.1 Å². The number of rotatable bonds is 9. The van der Waals surface area contributed by atoms with E-state index < -0.39 is 33.7 Å². The highest BCUT2D eigenvalue weighted by Crippen LogP contribution is 2.14. The minimum Gasteiger partial charge on any atom is -0.378 e. The number of carbonyl (C=O) groups excluding carboxylic acids is 2. The van der Waals surface area contributed by atoms with Crippen molar-refractivity contribution in [1.29, 1.82) is 0 Å². The fraction of sp³-hybridized carbons (Fsp3) is 0.208. The molecule has 1 fully saturated rings. The molecule has 2 amide bonds. The summed E-state index contributed by atoms with van der Waals surface area (Å²) in [5.74, 6) is -1.53. The maximum absolute atomic E-state index is 13.2. The van der Waals surface area contributed by atoms with Crippen molar-refractivity contribution in [3.05, 3.63) is 89.9 Å². The van der Waals surface area contributed by atoms with E-state index in [1.807, 2.05) is 30.3 Å². The molecular formula is C24H23FN4O5S. The number of aromatic nitrogens is 1. The van der Waals surface area contributed by atoms with Crippen molar-refractivity contribution in [1.82, 2.24) is 15.0 Å². The molecule has 0 aliphatic carbocycles. The lowest BCUT2D eigenvalue weighted by Crippen LogP contribution is -2.48. The number of benzene rings is 2. The minimum absolute atomic E-state index is 0.187. The van der Waals surface area contributed by atoms with E-state index in [2.05, 4.69) is 20.3 Å². The third-order valence-corrected chi connectivity index (χ3v) is 6.69. The Hall–Kier alpha value is -3.67. The van der Waals surface area contributed by atoms with E-state index in [-0.39, 0.29) is 28.7 Å². The largest absolute Gasteiger partial charge is 0.378 e. The molecule has 1 aliphatic heterocycles. The number of pyridine rings is 1. The van der Waals surface area contributed by atoms with Crippen molar-refractivity contribution in [2.24, 2.45) is 0 Å². The van der Waals surface area contributed by atoms with Crippen molar-refractivity contribution in [3.8, 4) is 0 Å². The van der Waals surface area contributed by atoms with Gasteiger partial charge < -0.3 is 15.4 Å². The molecule has 1 atom stereocenters. The Bertz CT molecular complexity index is 1280. The molecule has 0 saturated carbocycles. The van der Waals surface area contributed by atoms with E-state index in [1.54, 1.807) is 0 Å². The summed E-state index contributed by atoms with van der Waals surface area (Å²) < 4.78 is 45.4. The van der Waals surface area contributed by atoms with Gasteiger partial charge in [0.2, 0.25) is 5.91 Å². The van der Waals surface area contributed by atoms with Gasteiger partial charge in [0.25, 0.3) is 15.9 Å². The number of nitrogens with one attached hydrogen (secondary N) is 3. The third-order valence-electron chi connectivity index (χ3n) is 5.25. The first-order chi connectivity index (χ1) is 16.8. The molecule has 11 heteroatoms. The summed E-state index contributed by atoms with van der Waals surface area (Å²) in [6.07, 6.45) is 1.43. The summed E-state index contributed by atoms with van der Waals surface area (Å²) in [5, 5.41) is 5.15. The van der Waals surface area contributed by atoms with Gasteiger partial charge in [-0.25, -0.2) is 22.5 Å². The predicted molar refractivity (Wildman–Crippen MR) is 126 cm³/mol. The molecule has 9 nitrogen and oxygen atoms in total. The van der Waals surface area contributed by atoms with Crippen LogP contribution in [0.3, 0.4) is 0 Å². The number of halogens is 1. The number of hydrogen-bond donors (Lipinski definition) is 3. The molecule has 0 bridgehead atoms. The molecule has 1 aliphatic rings. The fourth-order valence-electron chi connectivity index (χ4n) is 3.33. The summed E-state index contributed by atoms with van der Waals surface area (Å²) in [6.45, 7) is 0.611. The number of hydrogen-bond acceptors (Lipinski definition) is 6. The third kappa shape index (κ3) is 6.47. The van der Waals surface area contributed by atoms with Crippen molar-refractivity contribution in [2.45, 2.75) is 23.5 Å². The minimum atomic E-state index is -3.81. The average Bonchev–Trinajstić information content (AvgIpc) is 2.82. The van der Waals surface area contributed by atoms with Crippen molar-refractivity contribution in [3.63, 3.8) is 0 Å². The van der Waals surface area contributed by atoms with Crippen LogP contribution in [0.1, 0.15) is 15.9 Å². The first kappa shape index (κ1) is 24.5. The standard InChI is InChI=1S/C24H23FN4O5S/c25-18-8-6-17(7-9-18)23(30)28-21(12-16-4-2-1-3-5-16)24(31)27-19-10-11-22(26-13-19)35(32,33)29-20-14-34-15-20/h1-11,13,20-21,29H,12,14-15H2,(H,27,31)(H,28,30)/t21-/m0/s1. The molecule has 35 heavy (non-hydrogen) atoms. The number of nitrogens with zero attached hydrogens (tertiary/aromatic N) is 1. The summed E-state index contributed by atoms with van der Waals surface area (Å²) in [7, 11) is -3.81. The van der Waals surface area contributed by atoms with Gasteiger partial charge in [0.15, 0.2) is 5.03 Å². The predicted octanol–water partition coefficient (Wildman–Crippen LogP) is 1.88. The summed E-state index contributed by atoms with van der Waals surface area (Å²) in [6, 6.07) is 15.6. The Morgan fingerprint density at radius 3 is 2.34 bits per heavy atom. The molecule has 3 aromatic rings. The Labute approximate surface area is 201 Å². The van der Waals surface area contributed by atoms with E-state index in [9.17, 15) is 22.4 Å². The van der Waals surface area contributed by atoms with Crippen molar-refractivity contribution < 1.29 is 27.1 Å². The molecule has 3 N–H and O–H groups in total. The number of amides is 2. The van der Waals surface area contributed by atoms with Gasteiger partial charge in [-0.15, -0.1) is 0 Å². The van der Waals surface area contributed by atoms with Gasteiger partial charge in [-0.05, 0) is 42.0 Å². The number of ether oxygens (including phenoxy) is 1. The van der Waals surface area contributed by atoms with Gasteiger partial charge in [-0.1, -0.05) is 30.3 Å². The van der Waals surface area contributed by atoms with E-state index in [0.717, 1.165) is 17.7 Å². The second-order valence-corrected chi connectivity index (χ2v) is 9.61. The first-order valence-electron chi connectivity index (χ1n) is 10.8. The number of anilines is 1. The molecule has 1 aromatic heterocycles. The highest BCUT2D eigenvalue weighted by molar-refractivity contribution is 7.89. The lowest BCUT2D eigenvalue weighted by molar-refractivity contribution is -0.118. The molecule has 2 heterocycles. The van der Waals surface area contributed by atoms with Crippen LogP contribution in [-0.2, 0) is 26.0 Å². The van der Waals surface area contributed by atoms with Gasteiger partial charge >= 0.3 is 0 Å². The second-order valence-electron chi connectivity index (χ2n) is 7.95. The zero-order chi connectivity index (χ0) is 24.8. The van der Waals surface area contributed by atoms with Crippen LogP contribution in [0.4, 0.5) is 10.1 Å². The van der Waals surface area contributed by atoms with Gasteiger partial charge in [-0.2, -0.15) is 0 Å². The number of sulfonamides is 1. The molecule has 2 aromatic carbocycles. The van der Waals surface area contributed by atoms with Crippen LogP contribution < -0.4 is 15.4 Å². The normalized spacial score (nSPS) is 14.5. The summed E-state index contributed by atoms with van der Waals surface area (Å²) in [5.41, 5.74) is 1.28. The average molecular weight is 499 g/mol. The van der Waals surface area contributed by atoms with Crippen LogP contribution in [0, 0.1) is 5.82 Å². The maximum atomic E-state index is 13.2. The van der Waals surface area contributed by atoms with Crippen LogP contribution >= 0.6 is 0 Å². The molecule has 1 saturated heterocycles. The highest BCUT2D eigenvalue weighted by atomic mass is 32.2. The van der Waals surface area contributed by atoms with E-state index in [0.29, 0.717) is 13.2 Å². The van der Waals surface area contributed by atoms with E-state index >= 15 is 0 Å². The van der Waals surface area contributed by atoms with Gasteiger partial charge in [0, 0.05) is 12.0 Å². The van der Waals surface area contributed by atoms with Crippen LogP contribution in [-0.4, -0.2) is 50.5 Å². The molecular weight excluding hydrogens is 475 g/mol. The SMILES string of the molecule is O=C(N[C@@H](Cc1ccccc1)C(=O)Nc1ccc(S(=O)(=O)NC2COC2)nc1)c1ccc(F)cc1. The lowest BCUT2D eigenvalue weighted by atomic mass is 10.0. The Kier molecular flexibility index (Phi) is 7.49. The first-order valence-corrected chi connectivity index (χ1v) is 12.3. The van der Waals surface area contributed by atoms with E-state index in [1.165, 1.54) is 30.5 Å². The van der Waals surface area contributed by atoms with Crippen LogP contribution in [0.2, 0.25) is 0 Å². The second kappa shape index (κ2) is 10.7. The topological polar surface area (TPSA) is 126 Å². The monoisotopic (exact) mass is 498 g/mol. The fourth-order valence-corrected chi connectivity index (χ4v) is 4.46. The molecule has 0 radical (unpaired) electrons. The Morgan fingerprint density at radius 1 is 1.03 bits per heavy atom. The molecule has 4 rings (SSSR count). The van der Waals surface area contributed by atoms with Crippen LogP contribution in [0.25, 0.3) is 0 Å². The van der Waals surface area contributed by atoms with Gasteiger partial charge in [0.1, 0.15) is 11.9 Å². The zero-order valence-electron chi connectivity index (χ0n) is 18.5. The van der Waals surface area contributed by atoms with Crippen molar-refractivity contribution >= 4 is 27.5 Å². The van der Waals surface area contributed by atoms with E-state index in [4.69, 9.17) is 4.74 Å². The highest BCUT2D eigenvalue weighted by Gasteiger charge is 2.27. The molecule has 0 unspecified atom stereocenters. The van der Waals surface area contributed by atoms with Crippen molar-refractivity contribution in [2.75, 3.05) is 18.5 Å². The summed E-state index contributed by atoms with van der Waals surface area (Å²) in [4.78, 5) is 29.7.